The number of nitrogens with zero attached hydrogens (tertiary/aromatic N) is 3. The third-order valence-electron chi connectivity index (χ3n) is 12.3. The molecule has 0 spiro atoms. The molecule has 1 aliphatic rings. The normalized spacial score (nSPS) is 16.4. The number of aliphatic hydroxyl groups excluding tert-OH is 1. The van der Waals surface area contributed by atoms with Crippen LogP contribution in [0, 0.1) is 11.8 Å². The highest BCUT2D eigenvalue weighted by atomic mass is 16.3. The maximum absolute atomic E-state index is 14.2. The molecule has 9 atom stereocenters. The number of likely N-dealkylation sites (tertiary alicyclic amines) is 1. The van der Waals surface area contributed by atoms with Crippen LogP contribution >= 0.6 is 0 Å². The van der Waals surface area contributed by atoms with Crippen LogP contribution in [0.25, 0.3) is 0 Å². The third-order valence-corrected chi connectivity index (χ3v) is 12.3. The fourth-order valence-electron chi connectivity index (χ4n) is 7.96. The van der Waals surface area contributed by atoms with Gasteiger partial charge in [0.2, 0.25) is 59.1 Å². The number of aliphatic hydroxyl groups is 1. The van der Waals surface area contributed by atoms with Gasteiger partial charge in [-0.2, -0.15) is 0 Å². The van der Waals surface area contributed by atoms with E-state index in [2.05, 4.69) is 52.5 Å². The number of carbonyl (C=O) groups is 10. The van der Waals surface area contributed by atoms with Crippen LogP contribution in [0.3, 0.4) is 0 Å². The van der Waals surface area contributed by atoms with Gasteiger partial charge < -0.3 is 73.9 Å². The highest BCUT2D eigenvalue weighted by Gasteiger charge is 2.40. The molecular formula is C48H82N14O11. The van der Waals surface area contributed by atoms with Crippen molar-refractivity contribution < 1.29 is 53.1 Å². The van der Waals surface area contributed by atoms with Gasteiger partial charge in [0.1, 0.15) is 42.3 Å². The monoisotopic (exact) mass is 1030 g/mol. The van der Waals surface area contributed by atoms with E-state index in [0.717, 1.165) is 4.90 Å². The molecule has 0 aliphatic carbocycles. The summed E-state index contributed by atoms with van der Waals surface area (Å²) in [5, 5.41) is 32.0. The third kappa shape index (κ3) is 21.5. The fraction of sp³-hybridized carbons (Fsp3) is 0.688. The van der Waals surface area contributed by atoms with E-state index in [1.165, 1.54) is 25.8 Å². The molecule has 0 unspecified atom stereocenters. The van der Waals surface area contributed by atoms with Gasteiger partial charge in [-0.25, -0.2) is 0 Å². The molecule has 25 heteroatoms. The number of nitrogens with two attached hydrogens (primary N) is 2. The molecule has 1 aromatic rings. The van der Waals surface area contributed by atoms with E-state index in [-0.39, 0.29) is 62.5 Å². The molecule has 410 valence electrons. The minimum Gasteiger partial charge on any atom is -0.391 e. The summed E-state index contributed by atoms with van der Waals surface area (Å²) in [6, 6.07) is -5.11. The number of likely N-dealkylation sites (N-methyl/N-ethyl adjacent to an activating group) is 2. The topological polar surface area (TPSA) is 374 Å². The Hall–Kier alpha value is -6.79. The highest BCUT2D eigenvalue weighted by Crippen LogP contribution is 2.21. The summed E-state index contributed by atoms with van der Waals surface area (Å²) in [5.41, 5.74) is 11.6. The van der Waals surface area contributed by atoms with Crippen LogP contribution in [0.15, 0.2) is 23.3 Å². The first kappa shape index (κ1) is 62.3. The van der Waals surface area contributed by atoms with E-state index >= 15 is 0 Å². The van der Waals surface area contributed by atoms with Crippen molar-refractivity contribution in [2.24, 2.45) is 28.3 Å². The van der Waals surface area contributed by atoms with Gasteiger partial charge >= 0.3 is 0 Å². The zero-order valence-corrected chi connectivity index (χ0v) is 43.9. The van der Waals surface area contributed by atoms with Gasteiger partial charge in [-0.05, 0) is 76.3 Å². The van der Waals surface area contributed by atoms with Crippen molar-refractivity contribution in [3.8, 4) is 0 Å². The minimum atomic E-state index is -1.64. The molecule has 2 rings (SSSR count). The Balaban J connectivity index is 2.31. The van der Waals surface area contributed by atoms with Crippen LogP contribution in [0.1, 0.15) is 112 Å². The Bertz CT molecular complexity index is 2050. The first-order valence-electron chi connectivity index (χ1n) is 25.2. The molecule has 73 heavy (non-hydrogen) atoms. The Labute approximate surface area is 428 Å². The molecule has 0 bridgehead atoms. The minimum absolute atomic E-state index is 0.0433. The van der Waals surface area contributed by atoms with Gasteiger partial charge in [-0.3, -0.25) is 52.9 Å². The number of H-pyrrole nitrogens is 1. The van der Waals surface area contributed by atoms with Crippen molar-refractivity contribution in [2.45, 2.75) is 162 Å². The zero-order valence-electron chi connectivity index (χ0n) is 43.9. The Morgan fingerprint density at radius 2 is 1.41 bits per heavy atom. The van der Waals surface area contributed by atoms with Gasteiger partial charge in [0.15, 0.2) is 5.96 Å². The van der Waals surface area contributed by atoms with E-state index in [0.29, 0.717) is 50.9 Å². The smallest absolute Gasteiger partial charge is 0.245 e. The van der Waals surface area contributed by atoms with Crippen molar-refractivity contribution in [2.75, 3.05) is 39.8 Å². The van der Waals surface area contributed by atoms with Crippen LogP contribution in [-0.4, -0.2) is 173 Å². The first-order chi connectivity index (χ1) is 34.4. The van der Waals surface area contributed by atoms with E-state index in [9.17, 15) is 53.1 Å². The van der Waals surface area contributed by atoms with Crippen LogP contribution < -0.4 is 54.0 Å². The van der Waals surface area contributed by atoms with Crippen LogP contribution in [-0.2, 0) is 54.4 Å². The number of aromatic amines is 1. The summed E-state index contributed by atoms with van der Waals surface area (Å²) in [6.45, 7) is 13.2. The molecule has 1 saturated heterocycles. The molecule has 10 amide bonds. The molecule has 0 saturated carbocycles. The summed E-state index contributed by atoms with van der Waals surface area (Å²) in [5.74, 6) is -7.29. The second kappa shape index (κ2) is 31.6. The second-order valence-corrected chi connectivity index (χ2v) is 18.9. The summed E-state index contributed by atoms with van der Waals surface area (Å²) in [4.78, 5) is 144. The van der Waals surface area contributed by atoms with Crippen LogP contribution in [0.2, 0.25) is 0 Å². The lowest BCUT2D eigenvalue weighted by Crippen LogP contribution is -2.62. The fourth-order valence-corrected chi connectivity index (χ4v) is 7.96. The largest absolute Gasteiger partial charge is 0.391 e. The molecule has 25 nitrogen and oxygen atoms in total. The van der Waals surface area contributed by atoms with Crippen molar-refractivity contribution in [1.29, 1.82) is 0 Å². The standard InChI is InChI=1S/C48H82N14O11/c1-10-16-32(41(67)59-39(28(6)11-2)45(71)57-33(18-14-21-53-48(49)50)47(73)62-22-15-19-36(62)44(70)51-12-3)56-46(72)40(29(7)63)60-43(69)34(23-27(4)5)58-42(68)35(24-31-17-13-20-52-31)55-37(65)25-54-38(66)26-61(9)30(8)64/h13,17,20,27-29,32-36,39-40,52,63H,10-12,14-16,18-19,21-26H2,1-9H3,(H,51,70)(H,54,66)(H,55,65)(H,56,72)(H,57,71)(H,58,68)(H,59,67)(H,60,69)(H4,49,50,53)/t28-,29+,32-,33-,34+,35-,36-,39-,40-/m0/s1. The first-order valence-corrected chi connectivity index (χ1v) is 25.2. The lowest BCUT2D eigenvalue weighted by Gasteiger charge is -2.31. The average molecular weight is 1030 g/mol. The summed E-state index contributed by atoms with van der Waals surface area (Å²) in [6.07, 6.45) is 2.43. The number of nitrogens with one attached hydrogen (secondary N) is 9. The number of amides is 10. The molecule has 1 aliphatic heterocycles. The number of guanidine groups is 1. The van der Waals surface area contributed by atoms with E-state index in [4.69, 9.17) is 11.5 Å². The number of carbonyl (C=O) groups excluding carboxylic acids is 10. The SMILES string of the molecule is CCC[C@H](NC(=O)[C@@H](NC(=O)[C@@H](CC(C)C)NC(=O)[C@H](Cc1ccc[nH]1)NC(=O)CNC(=O)CN(C)C(C)=O)[C@@H](C)O)C(=O)N[C@H](C(=O)N[C@@H](CCCN=C(N)N)C(=O)N1CCC[C@H]1C(=O)NCC)[C@@H](C)CC. The zero-order chi connectivity index (χ0) is 54.9. The van der Waals surface area contributed by atoms with Crippen molar-refractivity contribution in [3.05, 3.63) is 24.0 Å². The Kier molecular flexibility index (Phi) is 27.0. The molecule has 0 aromatic carbocycles. The molecular weight excluding hydrogens is 949 g/mol. The van der Waals surface area contributed by atoms with Crippen LogP contribution in [0.5, 0.6) is 0 Å². The van der Waals surface area contributed by atoms with Gasteiger partial charge in [0, 0.05) is 51.9 Å². The predicted octanol–water partition coefficient (Wildman–Crippen LogP) is -2.49. The van der Waals surface area contributed by atoms with Crippen molar-refractivity contribution in [3.63, 3.8) is 0 Å². The van der Waals surface area contributed by atoms with E-state index in [1.807, 2.05) is 6.92 Å². The molecule has 2 heterocycles. The van der Waals surface area contributed by atoms with Gasteiger partial charge in [-0.1, -0.05) is 47.5 Å². The quantitative estimate of drug-likeness (QED) is 0.0209. The second-order valence-electron chi connectivity index (χ2n) is 18.9. The number of hydrogen-bond acceptors (Lipinski definition) is 12. The Morgan fingerprint density at radius 3 is 1.99 bits per heavy atom. The predicted molar refractivity (Wildman–Crippen MR) is 271 cm³/mol. The van der Waals surface area contributed by atoms with Gasteiger partial charge in [0.05, 0.1) is 19.2 Å². The van der Waals surface area contributed by atoms with Gasteiger partial charge in [0.25, 0.3) is 0 Å². The summed E-state index contributed by atoms with van der Waals surface area (Å²) in [7, 11) is 1.42. The van der Waals surface area contributed by atoms with E-state index in [1.54, 1.807) is 52.9 Å². The molecule has 0 radical (unpaired) electrons. The summed E-state index contributed by atoms with van der Waals surface area (Å²) < 4.78 is 0. The maximum Gasteiger partial charge on any atom is 0.245 e. The number of aliphatic imine (C=N–C) groups is 1. The Morgan fingerprint density at radius 1 is 0.795 bits per heavy atom. The van der Waals surface area contributed by atoms with Gasteiger partial charge in [-0.15, -0.1) is 0 Å². The van der Waals surface area contributed by atoms with Crippen molar-refractivity contribution in [1.82, 2.24) is 57.3 Å². The molecule has 1 aromatic heterocycles. The lowest BCUT2D eigenvalue weighted by molar-refractivity contribution is -0.142. The average Bonchev–Trinajstić information content (AvgIpc) is 4.04. The number of aromatic nitrogens is 1. The van der Waals surface area contributed by atoms with E-state index < -0.39 is 108 Å². The van der Waals surface area contributed by atoms with Crippen molar-refractivity contribution >= 4 is 65.0 Å². The maximum atomic E-state index is 14.2. The van der Waals surface area contributed by atoms with Crippen LogP contribution in [0.4, 0.5) is 0 Å². The molecule has 14 N–H and O–H groups in total. The highest BCUT2D eigenvalue weighted by molar-refractivity contribution is 5.98. The number of hydrogen-bond donors (Lipinski definition) is 12. The molecule has 1 fully saturated rings. The summed E-state index contributed by atoms with van der Waals surface area (Å²) >= 11 is 0. The number of rotatable bonds is 31. The lowest BCUT2D eigenvalue weighted by atomic mass is 9.96.